The standard InChI is InChI=1S/C14H14F3N3O3S/c1-7-19-6-9(14(15,16)17)11(20-7)10-5-8(12(18)21)13(24-10)23-4-3-22-2/h5-6H,3-4H2,1-2H3,(H2,18,21). The molecule has 0 aliphatic carbocycles. The number of carbonyl (C=O) groups excluding carboxylic acids is 1. The SMILES string of the molecule is COCCOc1sc(-c2nc(C)ncc2C(F)(F)F)cc1C(N)=O. The first-order valence-electron chi connectivity index (χ1n) is 6.70. The van der Waals surface area contributed by atoms with E-state index in [1.54, 1.807) is 0 Å². The van der Waals surface area contributed by atoms with Crippen LogP contribution in [0.15, 0.2) is 12.3 Å². The van der Waals surface area contributed by atoms with E-state index in [4.69, 9.17) is 15.2 Å². The van der Waals surface area contributed by atoms with Crippen molar-refractivity contribution in [3.63, 3.8) is 0 Å². The van der Waals surface area contributed by atoms with Crippen LogP contribution in [0.25, 0.3) is 10.6 Å². The molecular formula is C14H14F3N3O3S. The fourth-order valence-electron chi connectivity index (χ4n) is 1.85. The first-order valence-corrected chi connectivity index (χ1v) is 7.52. The minimum Gasteiger partial charge on any atom is -0.481 e. The summed E-state index contributed by atoms with van der Waals surface area (Å²) in [6.07, 6.45) is -3.91. The lowest BCUT2D eigenvalue weighted by Crippen LogP contribution is -2.12. The zero-order valence-corrected chi connectivity index (χ0v) is 13.6. The van der Waals surface area contributed by atoms with E-state index in [-0.39, 0.29) is 40.2 Å². The summed E-state index contributed by atoms with van der Waals surface area (Å²) in [6, 6.07) is 1.24. The molecule has 2 aromatic rings. The number of ether oxygens (including phenoxy) is 2. The number of alkyl halides is 3. The van der Waals surface area contributed by atoms with Gasteiger partial charge in [0.2, 0.25) is 0 Å². The minimum absolute atomic E-state index is 0.00417. The van der Waals surface area contributed by atoms with Crippen molar-refractivity contribution < 1.29 is 27.4 Å². The normalized spacial score (nSPS) is 11.5. The molecule has 2 rings (SSSR count). The molecule has 0 fully saturated rings. The van der Waals surface area contributed by atoms with Gasteiger partial charge in [-0.05, 0) is 13.0 Å². The number of thiophene rings is 1. The molecule has 0 aliphatic heterocycles. The number of carbonyl (C=O) groups is 1. The number of rotatable bonds is 6. The van der Waals surface area contributed by atoms with Crippen molar-refractivity contribution in [3.05, 3.63) is 29.2 Å². The minimum atomic E-state index is -4.63. The Hall–Kier alpha value is -2.20. The highest BCUT2D eigenvalue weighted by Gasteiger charge is 2.36. The monoisotopic (exact) mass is 361 g/mol. The van der Waals surface area contributed by atoms with E-state index in [1.807, 2.05) is 0 Å². The lowest BCUT2D eigenvalue weighted by atomic mass is 10.1. The summed E-state index contributed by atoms with van der Waals surface area (Å²) in [7, 11) is 1.47. The molecular weight excluding hydrogens is 347 g/mol. The van der Waals surface area contributed by atoms with E-state index in [0.29, 0.717) is 6.20 Å². The largest absolute Gasteiger partial charge is 0.481 e. The third-order valence-corrected chi connectivity index (χ3v) is 3.99. The molecule has 0 aromatic carbocycles. The Morgan fingerprint density at radius 2 is 2.08 bits per heavy atom. The van der Waals surface area contributed by atoms with Gasteiger partial charge in [0.05, 0.1) is 22.7 Å². The van der Waals surface area contributed by atoms with Crippen LogP contribution in [0, 0.1) is 6.92 Å². The van der Waals surface area contributed by atoms with Crippen molar-refractivity contribution in [1.29, 1.82) is 0 Å². The second-order valence-corrected chi connectivity index (χ2v) is 5.71. The van der Waals surface area contributed by atoms with Crippen LogP contribution in [0.3, 0.4) is 0 Å². The van der Waals surface area contributed by atoms with E-state index in [2.05, 4.69) is 9.97 Å². The maximum absolute atomic E-state index is 13.2. The Morgan fingerprint density at radius 3 is 2.67 bits per heavy atom. The van der Waals surface area contributed by atoms with Gasteiger partial charge in [0, 0.05) is 13.3 Å². The molecule has 0 unspecified atom stereocenters. The molecule has 0 saturated carbocycles. The fourth-order valence-corrected chi connectivity index (χ4v) is 2.89. The molecule has 0 aliphatic rings. The Kier molecular flexibility index (Phi) is 5.40. The number of primary amides is 1. The smallest absolute Gasteiger partial charge is 0.420 e. The molecule has 2 heterocycles. The number of halogens is 3. The van der Waals surface area contributed by atoms with Crippen LogP contribution in [0.2, 0.25) is 0 Å². The summed E-state index contributed by atoms with van der Waals surface area (Å²) < 4.78 is 49.7. The average molecular weight is 361 g/mol. The van der Waals surface area contributed by atoms with Gasteiger partial charge in [0.25, 0.3) is 5.91 Å². The predicted octanol–water partition coefficient (Wildman–Crippen LogP) is 2.66. The molecule has 2 N–H and O–H groups in total. The second kappa shape index (κ2) is 7.14. The summed E-state index contributed by atoms with van der Waals surface area (Å²) in [5, 5.41) is 0.124. The summed E-state index contributed by atoms with van der Waals surface area (Å²) in [6.45, 7) is 1.86. The van der Waals surface area contributed by atoms with Crippen molar-refractivity contribution >= 4 is 17.2 Å². The number of aromatic nitrogens is 2. The van der Waals surface area contributed by atoms with E-state index in [1.165, 1.54) is 20.1 Å². The molecule has 2 aromatic heterocycles. The molecule has 0 atom stereocenters. The highest BCUT2D eigenvalue weighted by atomic mass is 32.1. The topological polar surface area (TPSA) is 87.3 Å². The van der Waals surface area contributed by atoms with Crippen LogP contribution in [0.5, 0.6) is 5.06 Å². The third kappa shape index (κ3) is 4.01. The van der Waals surface area contributed by atoms with Gasteiger partial charge in [0.1, 0.15) is 18.0 Å². The van der Waals surface area contributed by atoms with Crippen molar-refractivity contribution in [2.45, 2.75) is 13.1 Å². The lowest BCUT2D eigenvalue weighted by molar-refractivity contribution is -0.137. The van der Waals surface area contributed by atoms with Gasteiger partial charge in [0.15, 0.2) is 5.06 Å². The first-order chi connectivity index (χ1) is 11.2. The van der Waals surface area contributed by atoms with Gasteiger partial charge < -0.3 is 15.2 Å². The molecule has 10 heteroatoms. The van der Waals surface area contributed by atoms with Gasteiger partial charge in [-0.15, -0.1) is 0 Å². The number of amides is 1. The predicted molar refractivity (Wildman–Crippen MR) is 81.0 cm³/mol. The van der Waals surface area contributed by atoms with Crippen LogP contribution in [0.1, 0.15) is 21.7 Å². The summed E-state index contributed by atoms with van der Waals surface area (Å²) in [5.74, 6) is -0.627. The van der Waals surface area contributed by atoms with Crippen molar-refractivity contribution in [1.82, 2.24) is 9.97 Å². The molecule has 130 valence electrons. The quantitative estimate of drug-likeness (QED) is 0.799. The average Bonchev–Trinajstić information content (AvgIpc) is 2.90. The Labute approximate surface area is 139 Å². The first kappa shape index (κ1) is 18.1. The maximum Gasteiger partial charge on any atom is 0.420 e. The molecule has 0 saturated heterocycles. The maximum atomic E-state index is 13.2. The van der Waals surface area contributed by atoms with Gasteiger partial charge in [-0.2, -0.15) is 13.2 Å². The van der Waals surface area contributed by atoms with E-state index in [0.717, 1.165) is 11.3 Å². The zero-order valence-electron chi connectivity index (χ0n) is 12.8. The number of methoxy groups -OCH3 is 1. The Morgan fingerprint density at radius 1 is 1.38 bits per heavy atom. The summed E-state index contributed by atoms with van der Waals surface area (Å²) in [5.41, 5.74) is 3.95. The molecule has 0 spiro atoms. The highest BCUT2D eigenvalue weighted by Crippen LogP contribution is 2.41. The van der Waals surface area contributed by atoms with Crippen LogP contribution < -0.4 is 10.5 Å². The Bertz CT molecular complexity index is 747. The number of aryl methyl sites for hydroxylation is 1. The molecule has 1 amide bonds. The van der Waals surface area contributed by atoms with Crippen LogP contribution in [0.4, 0.5) is 13.2 Å². The number of nitrogens with zero attached hydrogens (tertiary/aromatic N) is 2. The summed E-state index contributed by atoms with van der Waals surface area (Å²) >= 11 is 0.861. The van der Waals surface area contributed by atoms with Gasteiger partial charge in [-0.1, -0.05) is 11.3 Å². The van der Waals surface area contributed by atoms with E-state index >= 15 is 0 Å². The zero-order chi connectivity index (χ0) is 17.9. The molecule has 24 heavy (non-hydrogen) atoms. The third-order valence-electron chi connectivity index (χ3n) is 2.93. The van der Waals surface area contributed by atoms with E-state index < -0.39 is 17.6 Å². The van der Waals surface area contributed by atoms with Crippen molar-refractivity contribution in [3.8, 4) is 15.6 Å². The number of hydrogen-bond acceptors (Lipinski definition) is 6. The van der Waals surface area contributed by atoms with Gasteiger partial charge in [-0.3, -0.25) is 4.79 Å². The molecule has 0 radical (unpaired) electrons. The second-order valence-electron chi connectivity index (χ2n) is 4.69. The van der Waals surface area contributed by atoms with Crippen LogP contribution in [-0.4, -0.2) is 36.2 Å². The van der Waals surface area contributed by atoms with Gasteiger partial charge in [-0.25, -0.2) is 9.97 Å². The lowest BCUT2D eigenvalue weighted by Gasteiger charge is -2.10. The van der Waals surface area contributed by atoms with Crippen LogP contribution >= 0.6 is 11.3 Å². The Balaban J connectivity index is 2.51. The van der Waals surface area contributed by atoms with Gasteiger partial charge >= 0.3 is 6.18 Å². The fraction of sp³-hybridized carbons (Fsp3) is 0.357. The van der Waals surface area contributed by atoms with Crippen molar-refractivity contribution in [2.24, 2.45) is 5.73 Å². The van der Waals surface area contributed by atoms with E-state index in [9.17, 15) is 18.0 Å². The molecule has 0 bridgehead atoms. The molecule has 6 nitrogen and oxygen atoms in total. The summed E-state index contributed by atoms with van der Waals surface area (Å²) in [4.78, 5) is 19.1. The number of hydrogen-bond donors (Lipinski definition) is 1. The van der Waals surface area contributed by atoms with Crippen molar-refractivity contribution in [2.75, 3.05) is 20.3 Å². The van der Waals surface area contributed by atoms with Crippen LogP contribution in [-0.2, 0) is 10.9 Å². The number of nitrogens with two attached hydrogens (primary N) is 1. The highest BCUT2D eigenvalue weighted by molar-refractivity contribution is 7.17.